The van der Waals surface area contributed by atoms with Crippen LogP contribution >= 0.6 is 11.8 Å². The summed E-state index contributed by atoms with van der Waals surface area (Å²) in [7, 11) is 0. The van der Waals surface area contributed by atoms with Crippen LogP contribution in [0.5, 0.6) is 0 Å². The molecule has 11 heavy (non-hydrogen) atoms. The molecule has 0 rings (SSSR count). The molecule has 0 radical (unpaired) electrons. The molecule has 0 aromatic heterocycles. The Kier molecular flexibility index (Phi) is 6.52. The lowest BCUT2D eigenvalue weighted by Gasteiger charge is -2.09. The van der Waals surface area contributed by atoms with E-state index in [9.17, 15) is 0 Å². The highest BCUT2D eigenvalue weighted by atomic mass is 32.2. The smallest absolute Gasteiger partial charge is 0.0926 e. The molecule has 0 aromatic rings. The van der Waals surface area contributed by atoms with Crippen molar-refractivity contribution in [3.8, 4) is 0 Å². The van der Waals surface area contributed by atoms with Crippen LogP contribution in [0, 0.1) is 0 Å². The summed E-state index contributed by atoms with van der Waals surface area (Å²) in [5, 5.41) is 0. The molecule has 0 N–H and O–H groups in total. The van der Waals surface area contributed by atoms with Crippen LogP contribution in [-0.2, 0) is 4.74 Å². The van der Waals surface area contributed by atoms with Crippen molar-refractivity contribution in [2.45, 2.75) is 33.8 Å². The van der Waals surface area contributed by atoms with Crippen molar-refractivity contribution in [3.05, 3.63) is 11.8 Å². The first-order valence-corrected chi connectivity index (χ1v) is 5.23. The maximum atomic E-state index is 5.44. The Bertz CT molecular complexity index is 119. The number of hydrogen-bond acceptors (Lipinski definition) is 2. The van der Waals surface area contributed by atoms with E-state index in [2.05, 4.69) is 13.0 Å². The van der Waals surface area contributed by atoms with Gasteiger partial charge in [-0.2, -0.15) is 11.8 Å². The Labute approximate surface area is 74.2 Å². The van der Waals surface area contributed by atoms with Crippen LogP contribution in [0.25, 0.3) is 0 Å². The van der Waals surface area contributed by atoms with Crippen molar-refractivity contribution in [1.82, 2.24) is 0 Å². The highest BCUT2D eigenvalue weighted by molar-refractivity contribution is 7.99. The van der Waals surface area contributed by atoms with Crippen LogP contribution in [0.3, 0.4) is 0 Å². The third kappa shape index (κ3) is 7.79. The van der Waals surface area contributed by atoms with Crippen molar-refractivity contribution < 1.29 is 4.74 Å². The lowest BCUT2D eigenvalue weighted by molar-refractivity contribution is 0.149. The molecule has 0 unspecified atom stereocenters. The molecule has 1 nitrogen and oxygen atoms in total. The average molecular weight is 174 g/mol. The maximum Gasteiger partial charge on any atom is 0.0926 e. The van der Waals surface area contributed by atoms with Crippen molar-refractivity contribution in [3.63, 3.8) is 0 Å². The predicted octanol–water partition coefficient (Wildman–Crippen LogP) is 3.07. The zero-order chi connectivity index (χ0) is 8.69. The first kappa shape index (κ1) is 10.9. The van der Waals surface area contributed by atoms with E-state index in [0.29, 0.717) is 6.10 Å². The molecule has 0 aliphatic heterocycles. The standard InChI is InChI=1S/C9H18OS/c1-5-11-7-6-9(4)10-8(2)3/h6,8H,5,7H2,1-4H3/b9-6-. The van der Waals surface area contributed by atoms with Crippen LogP contribution in [0.4, 0.5) is 0 Å². The third-order valence-corrected chi connectivity index (χ3v) is 1.92. The van der Waals surface area contributed by atoms with Crippen molar-refractivity contribution in [2.75, 3.05) is 11.5 Å². The quantitative estimate of drug-likeness (QED) is 0.468. The minimum Gasteiger partial charge on any atom is -0.496 e. The van der Waals surface area contributed by atoms with Gasteiger partial charge in [0.1, 0.15) is 0 Å². The highest BCUT2D eigenvalue weighted by Gasteiger charge is 1.93. The zero-order valence-corrected chi connectivity index (χ0v) is 8.70. The van der Waals surface area contributed by atoms with E-state index in [1.165, 1.54) is 5.75 Å². The summed E-state index contributed by atoms with van der Waals surface area (Å²) in [6.45, 7) is 8.27. The van der Waals surface area contributed by atoms with Gasteiger partial charge >= 0.3 is 0 Å². The number of allylic oxidation sites excluding steroid dienone is 1. The van der Waals surface area contributed by atoms with E-state index >= 15 is 0 Å². The minimum atomic E-state index is 0.304. The van der Waals surface area contributed by atoms with Crippen LogP contribution in [-0.4, -0.2) is 17.6 Å². The number of rotatable bonds is 5. The number of hydrogen-bond donors (Lipinski definition) is 0. The van der Waals surface area contributed by atoms with E-state index in [4.69, 9.17) is 4.74 Å². The molecule has 0 spiro atoms. The normalized spacial score (nSPS) is 12.3. The van der Waals surface area contributed by atoms with Gasteiger partial charge < -0.3 is 4.74 Å². The third-order valence-electron chi connectivity index (χ3n) is 1.11. The lowest BCUT2D eigenvalue weighted by Crippen LogP contribution is -1.99. The molecular weight excluding hydrogens is 156 g/mol. The van der Waals surface area contributed by atoms with Gasteiger partial charge in [0, 0.05) is 5.75 Å². The number of ether oxygens (including phenoxy) is 1. The largest absolute Gasteiger partial charge is 0.496 e. The average Bonchev–Trinajstić information content (AvgIpc) is 1.86. The van der Waals surface area contributed by atoms with Crippen LogP contribution < -0.4 is 0 Å². The lowest BCUT2D eigenvalue weighted by atomic mass is 10.4. The fraction of sp³-hybridized carbons (Fsp3) is 0.778. The summed E-state index contributed by atoms with van der Waals surface area (Å²) in [4.78, 5) is 0. The van der Waals surface area contributed by atoms with E-state index in [-0.39, 0.29) is 0 Å². The van der Waals surface area contributed by atoms with Gasteiger partial charge in [0.25, 0.3) is 0 Å². The van der Waals surface area contributed by atoms with E-state index in [1.54, 1.807) is 0 Å². The fourth-order valence-electron chi connectivity index (χ4n) is 0.714. The van der Waals surface area contributed by atoms with E-state index in [1.807, 2.05) is 32.5 Å². The monoisotopic (exact) mass is 174 g/mol. The summed E-state index contributed by atoms with van der Waals surface area (Å²) in [6.07, 6.45) is 2.44. The second-order valence-corrected chi connectivity index (χ2v) is 3.96. The van der Waals surface area contributed by atoms with Gasteiger partial charge in [0.2, 0.25) is 0 Å². The topological polar surface area (TPSA) is 9.23 Å². The first-order valence-electron chi connectivity index (χ1n) is 4.08. The summed E-state index contributed by atoms with van der Waals surface area (Å²) < 4.78 is 5.44. The van der Waals surface area contributed by atoms with Gasteiger partial charge in [-0.05, 0) is 32.6 Å². The van der Waals surface area contributed by atoms with Crippen LogP contribution in [0.1, 0.15) is 27.7 Å². The van der Waals surface area contributed by atoms with Crippen LogP contribution in [0.15, 0.2) is 11.8 Å². The second kappa shape index (κ2) is 6.59. The molecule has 0 saturated carbocycles. The van der Waals surface area contributed by atoms with Gasteiger partial charge in [-0.15, -0.1) is 0 Å². The Hall–Kier alpha value is -0.110. The Balaban J connectivity index is 3.46. The molecule has 2 heteroatoms. The minimum absolute atomic E-state index is 0.304. The molecule has 0 atom stereocenters. The van der Waals surface area contributed by atoms with Gasteiger partial charge in [-0.25, -0.2) is 0 Å². The molecule has 0 aliphatic carbocycles. The molecule has 66 valence electrons. The molecule has 0 aromatic carbocycles. The molecule has 0 aliphatic rings. The molecule has 0 bridgehead atoms. The van der Waals surface area contributed by atoms with Crippen molar-refractivity contribution >= 4 is 11.8 Å². The molecule has 0 saturated heterocycles. The van der Waals surface area contributed by atoms with Gasteiger partial charge in [0.15, 0.2) is 0 Å². The SMILES string of the molecule is CCSC/C=C(/C)OC(C)C. The van der Waals surface area contributed by atoms with Gasteiger partial charge in [-0.1, -0.05) is 6.92 Å². The van der Waals surface area contributed by atoms with E-state index in [0.717, 1.165) is 11.5 Å². The summed E-state index contributed by atoms with van der Waals surface area (Å²) in [5.41, 5.74) is 0. The van der Waals surface area contributed by atoms with Gasteiger partial charge in [0.05, 0.1) is 11.9 Å². The summed E-state index contributed by atoms with van der Waals surface area (Å²) in [5.74, 6) is 3.28. The zero-order valence-electron chi connectivity index (χ0n) is 7.89. The Morgan fingerprint density at radius 2 is 2.18 bits per heavy atom. The predicted molar refractivity (Wildman–Crippen MR) is 53.0 cm³/mol. The molecule has 0 amide bonds. The maximum absolute atomic E-state index is 5.44. The van der Waals surface area contributed by atoms with Gasteiger partial charge in [-0.3, -0.25) is 0 Å². The Morgan fingerprint density at radius 1 is 1.55 bits per heavy atom. The molecule has 0 fully saturated rings. The molecule has 0 heterocycles. The molecular formula is C9H18OS. The van der Waals surface area contributed by atoms with Crippen LogP contribution in [0.2, 0.25) is 0 Å². The summed E-state index contributed by atoms with van der Waals surface area (Å²) >= 11 is 1.91. The summed E-state index contributed by atoms with van der Waals surface area (Å²) in [6, 6.07) is 0. The second-order valence-electron chi connectivity index (χ2n) is 2.64. The Morgan fingerprint density at radius 3 is 2.64 bits per heavy atom. The first-order chi connectivity index (χ1) is 5.16. The van der Waals surface area contributed by atoms with E-state index < -0.39 is 0 Å². The highest BCUT2D eigenvalue weighted by Crippen LogP contribution is 2.05. The number of thioether (sulfide) groups is 1. The van der Waals surface area contributed by atoms with Crippen molar-refractivity contribution in [2.24, 2.45) is 0 Å². The van der Waals surface area contributed by atoms with Crippen molar-refractivity contribution in [1.29, 1.82) is 0 Å². The fourth-order valence-corrected chi connectivity index (χ4v) is 1.30.